The molecule has 1 heterocycles. The molecule has 1 aliphatic heterocycles. The van der Waals surface area contributed by atoms with Crippen molar-refractivity contribution >= 4 is 17.8 Å². The molecule has 2 rings (SSSR count). The first kappa shape index (κ1) is 18.9. The van der Waals surface area contributed by atoms with Gasteiger partial charge in [0.1, 0.15) is 0 Å². The van der Waals surface area contributed by atoms with Crippen LogP contribution < -0.4 is 10.6 Å². The predicted molar refractivity (Wildman–Crippen MR) is 90.3 cm³/mol. The van der Waals surface area contributed by atoms with Crippen LogP contribution in [0.15, 0.2) is 24.3 Å². The molecule has 1 aromatic rings. The Labute approximate surface area is 146 Å². The van der Waals surface area contributed by atoms with Gasteiger partial charge in [0.05, 0.1) is 17.7 Å². The van der Waals surface area contributed by atoms with Crippen molar-refractivity contribution in [1.29, 1.82) is 0 Å². The Morgan fingerprint density at radius 1 is 1.04 bits per heavy atom. The first-order valence-electron chi connectivity index (χ1n) is 8.28. The van der Waals surface area contributed by atoms with Crippen LogP contribution in [0.2, 0.25) is 0 Å². The molecule has 0 saturated heterocycles. The lowest BCUT2D eigenvalue weighted by molar-refractivity contribution is -0.131. The van der Waals surface area contributed by atoms with Gasteiger partial charge in [0.25, 0.3) is 11.8 Å². The second kappa shape index (κ2) is 9.14. The molecule has 2 N–H and O–H groups in total. The highest BCUT2D eigenvalue weighted by atomic mass is 16.7. The Hall–Kier alpha value is -2.45. The van der Waals surface area contributed by atoms with Crippen molar-refractivity contribution in [1.82, 2.24) is 15.5 Å². The summed E-state index contributed by atoms with van der Waals surface area (Å²) >= 11 is 0. The fourth-order valence-corrected chi connectivity index (χ4v) is 2.50. The summed E-state index contributed by atoms with van der Waals surface area (Å²) in [6, 6.07) is 6.26. The summed E-state index contributed by atoms with van der Waals surface area (Å²) in [5.74, 6) is -0.675. The molecule has 0 atom stereocenters. The highest BCUT2D eigenvalue weighted by Crippen LogP contribution is 2.21. The van der Waals surface area contributed by atoms with E-state index in [0.29, 0.717) is 24.3 Å². The van der Waals surface area contributed by atoms with Crippen molar-refractivity contribution in [2.45, 2.75) is 20.1 Å². The lowest BCUT2D eigenvalue weighted by atomic mass is 10.1. The number of nitrogens with one attached hydrogen (secondary N) is 2. The average Bonchev–Trinajstić information content (AvgIpc) is 2.85. The Morgan fingerprint density at radius 3 is 2.12 bits per heavy atom. The van der Waals surface area contributed by atoms with Crippen LogP contribution in [0.5, 0.6) is 0 Å². The molecule has 0 aromatic heterocycles. The number of amides is 4. The maximum absolute atomic E-state index is 12.2. The molecule has 1 aliphatic rings. The fourth-order valence-electron chi connectivity index (χ4n) is 2.50. The minimum atomic E-state index is -0.503. The molecule has 4 amide bonds. The minimum absolute atomic E-state index is 0.111. The van der Waals surface area contributed by atoms with E-state index in [0.717, 1.165) is 4.90 Å². The SMILES string of the molecule is CCOC(CNC(=O)NCCN1C(=O)c2ccccc2C1=O)OCC. The van der Waals surface area contributed by atoms with Crippen LogP contribution in [-0.2, 0) is 9.47 Å². The largest absolute Gasteiger partial charge is 0.351 e. The standard InChI is InChI=1S/C17H23N3O5/c1-3-24-14(25-4-2)11-19-17(23)18-9-10-20-15(21)12-7-5-6-8-13(12)16(20)22/h5-8,14H,3-4,9-11H2,1-2H3,(H2,18,19,23). The first-order valence-corrected chi connectivity index (χ1v) is 8.28. The summed E-state index contributed by atoms with van der Waals surface area (Å²) in [5, 5.41) is 5.24. The van der Waals surface area contributed by atoms with Crippen LogP contribution in [0.1, 0.15) is 34.6 Å². The van der Waals surface area contributed by atoms with Gasteiger partial charge in [-0.25, -0.2) is 4.79 Å². The summed E-state index contributed by atoms with van der Waals surface area (Å²) in [5.41, 5.74) is 0.793. The average molecular weight is 349 g/mol. The van der Waals surface area contributed by atoms with Gasteiger partial charge in [0, 0.05) is 26.3 Å². The lowest BCUT2D eigenvalue weighted by Gasteiger charge is -2.18. The smallest absolute Gasteiger partial charge is 0.315 e. The van der Waals surface area contributed by atoms with Gasteiger partial charge in [0.15, 0.2) is 6.29 Å². The van der Waals surface area contributed by atoms with Gasteiger partial charge in [-0.3, -0.25) is 14.5 Å². The minimum Gasteiger partial charge on any atom is -0.351 e. The number of ether oxygens (including phenoxy) is 2. The van der Waals surface area contributed by atoms with Crippen molar-refractivity contribution < 1.29 is 23.9 Å². The van der Waals surface area contributed by atoms with Crippen LogP contribution in [0.25, 0.3) is 0 Å². The van der Waals surface area contributed by atoms with E-state index >= 15 is 0 Å². The monoisotopic (exact) mass is 349 g/mol. The normalized spacial score (nSPS) is 13.3. The van der Waals surface area contributed by atoms with E-state index in [1.807, 2.05) is 13.8 Å². The van der Waals surface area contributed by atoms with Crippen LogP contribution in [0.4, 0.5) is 4.79 Å². The number of carbonyl (C=O) groups is 3. The number of urea groups is 1. The van der Waals surface area contributed by atoms with Gasteiger partial charge in [-0.15, -0.1) is 0 Å². The molecule has 8 heteroatoms. The topological polar surface area (TPSA) is 97.0 Å². The van der Waals surface area contributed by atoms with Crippen molar-refractivity contribution in [3.05, 3.63) is 35.4 Å². The number of benzene rings is 1. The molecule has 0 saturated carbocycles. The molecule has 0 spiro atoms. The number of fused-ring (bicyclic) bond motifs is 1. The Balaban J connectivity index is 1.75. The van der Waals surface area contributed by atoms with E-state index in [-0.39, 0.29) is 31.4 Å². The number of imide groups is 1. The number of rotatable bonds is 9. The third kappa shape index (κ3) is 4.77. The number of carbonyl (C=O) groups excluding carboxylic acids is 3. The number of hydrogen-bond acceptors (Lipinski definition) is 5. The third-order valence-corrected chi connectivity index (χ3v) is 3.63. The zero-order valence-corrected chi connectivity index (χ0v) is 14.4. The molecule has 0 bridgehead atoms. The molecule has 0 aliphatic carbocycles. The third-order valence-electron chi connectivity index (χ3n) is 3.63. The first-order chi connectivity index (χ1) is 12.1. The molecule has 8 nitrogen and oxygen atoms in total. The van der Waals surface area contributed by atoms with E-state index in [1.165, 1.54) is 0 Å². The summed E-state index contributed by atoms with van der Waals surface area (Å²) in [7, 11) is 0. The second-order valence-corrected chi connectivity index (χ2v) is 5.28. The van der Waals surface area contributed by atoms with Gasteiger partial charge in [-0.05, 0) is 26.0 Å². The van der Waals surface area contributed by atoms with E-state index in [1.54, 1.807) is 24.3 Å². The van der Waals surface area contributed by atoms with Crippen LogP contribution >= 0.6 is 0 Å². The maximum atomic E-state index is 12.2. The van der Waals surface area contributed by atoms with Crippen molar-refractivity contribution in [2.24, 2.45) is 0 Å². The Bertz CT molecular complexity index is 593. The molecule has 0 radical (unpaired) electrons. The van der Waals surface area contributed by atoms with E-state index in [9.17, 15) is 14.4 Å². The summed E-state index contributed by atoms with van der Waals surface area (Å²) in [4.78, 5) is 37.3. The lowest BCUT2D eigenvalue weighted by Crippen LogP contribution is -2.44. The summed E-state index contributed by atoms with van der Waals surface area (Å²) < 4.78 is 10.6. The van der Waals surface area contributed by atoms with Crippen molar-refractivity contribution in [3.8, 4) is 0 Å². The highest BCUT2D eigenvalue weighted by molar-refractivity contribution is 6.21. The highest BCUT2D eigenvalue weighted by Gasteiger charge is 2.34. The number of hydrogen-bond donors (Lipinski definition) is 2. The summed E-state index contributed by atoms with van der Waals surface area (Å²) in [6.45, 7) is 5.12. The van der Waals surface area contributed by atoms with Gasteiger partial charge >= 0.3 is 6.03 Å². The number of nitrogens with zero attached hydrogens (tertiary/aromatic N) is 1. The van der Waals surface area contributed by atoms with E-state index in [4.69, 9.17) is 9.47 Å². The molecule has 25 heavy (non-hydrogen) atoms. The fraction of sp³-hybridized carbons (Fsp3) is 0.471. The molecular weight excluding hydrogens is 326 g/mol. The van der Waals surface area contributed by atoms with Crippen LogP contribution in [0, 0.1) is 0 Å². The maximum Gasteiger partial charge on any atom is 0.315 e. The molecular formula is C17H23N3O5. The Kier molecular flexibility index (Phi) is 6.91. The van der Waals surface area contributed by atoms with Gasteiger partial charge in [0.2, 0.25) is 0 Å². The second-order valence-electron chi connectivity index (χ2n) is 5.28. The Morgan fingerprint density at radius 2 is 1.60 bits per heavy atom. The van der Waals surface area contributed by atoms with Crippen LogP contribution in [0.3, 0.4) is 0 Å². The quantitative estimate of drug-likeness (QED) is 0.512. The van der Waals surface area contributed by atoms with Crippen LogP contribution in [-0.4, -0.2) is 61.9 Å². The van der Waals surface area contributed by atoms with E-state index in [2.05, 4.69) is 10.6 Å². The zero-order chi connectivity index (χ0) is 18.2. The molecule has 136 valence electrons. The zero-order valence-electron chi connectivity index (χ0n) is 14.4. The molecule has 0 unspecified atom stereocenters. The predicted octanol–water partition coefficient (Wildman–Crippen LogP) is 0.981. The van der Waals surface area contributed by atoms with Gasteiger partial charge < -0.3 is 20.1 Å². The summed E-state index contributed by atoms with van der Waals surface area (Å²) in [6.07, 6.45) is -0.503. The van der Waals surface area contributed by atoms with Gasteiger partial charge in [-0.1, -0.05) is 12.1 Å². The van der Waals surface area contributed by atoms with E-state index < -0.39 is 12.3 Å². The van der Waals surface area contributed by atoms with Crippen molar-refractivity contribution in [2.75, 3.05) is 32.8 Å². The molecule has 0 fully saturated rings. The van der Waals surface area contributed by atoms with Gasteiger partial charge in [-0.2, -0.15) is 0 Å². The molecule has 1 aromatic carbocycles. The van der Waals surface area contributed by atoms with Crippen molar-refractivity contribution in [3.63, 3.8) is 0 Å².